The zero-order chi connectivity index (χ0) is 40.7. The molecule has 0 saturated heterocycles. The Morgan fingerprint density at radius 2 is 1.11 bits per heavy atom. The van der Waals surface area contributed by atoms with Gasteiger partial charge in [0.1, 0.15) is 11.5 Å². The Hall–Kier alpha value is -8.41. The van der Waals surface area contributed by atoms with Gasteiger partial charge in [0.15, 0.2) is 0 Å². The average molecular weight is 793 g/mol. The third-order valence-electron chi connectivity index (χ3n) is 12.5. The first kappa shape index (κ1) is 34.5. The van der Waals surface area contributed by atoms with Crippen LogP contribution in [0.5, 0.6) is 11.5 Å². The second-order valence-electron chi connectivity index (χ2n) is 16.0. The van der Waals surface area contributed by atoms with Gasteiger partial charge in [0, 0.05) is 79.0 Å². The van der Waals surface area contributed by atoms with Crippen LogP contribution in [0, 0.1) is 0 Å². The quantitative estimate of drug-likeness (QED) is 0.178. The molecule has 290 valence electrons. The lowest BCUT2D eigenvalue weighted by atomic mass is 9.98. The van der Waals surface area contributed by atoms with E-state index in [4.69, 9.17) is 4.74 Å². The molecule has 0 amide bonds. The molecule has 0 saturated carbocycles. The number of aromatic nitrogens is 3. The van der Waals surface area contributed by atoms with E-state index in [0.29, 0.717) is 0 Å². The highest BCUT2D eigenvalue weighted by atomic mass is 16.5. The van der Waals surface area contributed by atoms with Gasteiger partial charge in [0.05, 0.1) is 33.6 Å². The minimum absolute atomic E-state index is 0.825. The van der Waals surface area contributed by atoms with E-state index in [-0.39, 0.29) is 0 Å². The number of rotatable bonds is 4. The Kier molecular flexibility index (Phi) is 7.54. The molecule has 62 heavy (non-hydrogen) atoms. The van der Waals surface area contributed by atoms with Crippen molar-refractivity contribution in [3.05, 3.63) is 218 Å². The molecule has 0 unspecified atom stereocenters. The van der Waals surface area contributed by atoms with Crippen LogP contribution >= 0.6 is 0 Å². The molecule has 0 aliphatic carbocycles. The van der Waals surface area contributed by atoms with Crippen molar-refractivity contribution >= 4 is 61.9 Å². The number of fused-ring (bicyclic) bond motifs is 13. The molecular formula is C57H36N4O. The van der Waals surface area contributed by atoms with E-state index in [1.807, 2.05) is 30.6 Å². The van der Waals surface area contributed by atoms with Crippen LogP contribution in [0.15, 0.2) is 207 Å². The number of hydrogen-bond acceptors (Lipinski definition) is 3. The third kappa shape index (κ3) is 5.12. The normalized spacial score (nSPS) is 12.5. The maximum atomic E-state index is 6.71. The van der Waals surface area contributed by atoms with Crippen LogP contribution in [0.2, 0.25) is 0 Å². The molecule has 0 fully saturated rings. The zero-order valence-electron chi connectivity index (χ0n) is 33.5. The molecular weight excluding hydrogens is 757 g/mol. The van der Waals surface area contributed by atoms with Crippen LogP contribution in [-0.2, 0) is 0 Å². The molecule has 0 radical (unpaired) electrons. The van der Waals surface area contributed by atoms with E-state index in [9.17, 15) is 0 Å². The van der Waals surface area contributed by atoms with Gasteiger partial charge >= 0.3 is 0 Å². The van der Waals surface area contributed by atoms with Crippen molar-refractivity contribution in [1.29, 1.82) is 0 Å². The van der Waals surface area contributed by atoms with Crippen molar-refractivity contribution in [2.24, 2.45) is 0 Å². The molecule has 3 aromatic heterocycles. The van der Waals surface area contributed by atoms with E-state index >= 15 is 0 Å². The lowest BCUT2D eigenvalue weighted by Gasteiger charge is -2.27. The summed E-state index contributed by atoms with van der Waals surface area (Å²) in [7, 11) is 0. The first-order valence-electron chi connectivity index (χ1n) is 21.0. The number of para-hydroxylation sites is 6. The lowest BCUT2D eigenvalue weighted by Crippen LogP contribution is -2.11. The second-order valence-corrected chi connectivity index (χ2v) is 16.0. The molecule has 5 heterocycles. The van der Waals surface area contributed by atoms with Gasteiger partial charge < -0.3 is 18.8 Å². The summed E-state index contributed by atoms with van der Waals surface area (Å²) in [6.07, 6.45) is 8.20. The first-order valence-corrected chi connectivity index (χ1v) is 21.0. The summed E-state index contributed by atoms with van der Waals surface area (Å²) in [4.78, 5) is 7.03. The van der Waals surface area contributed by atoms with Crippen molar-refractivity contribution in [3.8, 4) is 56.4 Å². The van der Waals surface area contributed by atoms with Gasteiger partial charge in [-0.05, 0) is 90.5 Å². The topological polar surface area (TPSA) is 35.2 Å². The largest absolute Gasteiger partial charge is 0.456 e. The Morgan fingerprint density at radius 3 is 1.94 bits per heavy atom. The molecule has 0 N–H and O–H groups in total. The van der Waals surface area contributed by atoms with E-state index in [0.717, 1.165) is 90.0 Å². The highest BCUT2D eigenvalue weighted by Gasteiger charge is 2.31. The van der Waals surface area contributed by atoms with E-state index in [1.165, 1.54) is 27.3 Å². The fraction of sp³-hybridized carbons (Fsp3) is 0. The van der Waals surface area contributed by atoms with Crippen LogP contribution in [0.25, 0.3) is 89.7 Å². The van der Waals surface area contributed by atoms with Gasteiger partial charge in [-0.3, -0.25) is 4.98 Å². The van der Waals surface area contributed by atoms with E-state index < -0.39 is 0 Å². The maximum Gasteiger partial charge on any atom is 0.136 e. The van der Waals surface area contributed by atoms with Crippen molar-refractivity contribution in [3.63, 3.8) is 0 Å². The lowest BCUT2D eigenvalue weighted by molar-refractivity contribution is 0.482. The summed E-state index contributed by atoms with van der Waals surface area (Å²) in [5.41, 5.74) is 17.7. The second kappa shape index (κ2) is 13.6. The molecule has 11 aromatic rings. The number of hydrogen-bond donors (Lipinski definition) is 0. The monoisotopic (exact) mass is 792 g/mol. The minimum Gasteiger partial charge on any atom is -0.456 e. The van der Waals surface area contributed by atoms with Gasteiger partial charge in [0.25, 0.3) is 0 Å². The van der Waals surface area contributed by atoms with Crippen LogP contribution < -0.4 is 9.64 Å². The first-order chi connectivity index (χ1) is 30.8. The Morgan fingerprint density at radius 1 is 0.435 bits per heavy atom. The highest BCUT2D eigenvalue weighted by molar-refractivity contribution is 6.15. The van der Waals surface area contributed by atoms with Crippen LogP contribution in [0.4, 0.5) is 17.1 Å². The summed E-state index contributed by atoms with van der Waals surface area (Å²) in [5.74, 6) is 1.67. The van der Waals surface area contributed by atoms with Crippen LogP contribution in [0.3, 0.4) is 0 Å². The smallest absolute Gasteiger partial charge is 0.136 e. The Bertz CT molecular complexity index is 3620. The molecule has 5 nitrogen and oxygen atoms in total. The van der Waals surface area contributed by atoms with E-state index in [1.54, 1.807) is 0 Å². The van der Waals surface area contributed by atoms with Crippen molar-refractivity contribution < 1.29 is 4.74 Å². The predicted molar refractivity (Wildman–Crippen MR) is 255 cm³/mol. The average Bonchev–Trinajstić information content (AvgIpc) is 3.73. The van der Waals surface area contributed by atoms with Gasteiger partial charge in [0.2, 0.25) is 0 Å². The Labute approximate surface area is 358 Å². The van der Waals surface area contributed by atoms with Gasteiger partial charge in [-0.1, -0.05) is 121 Å². The molecule has 8 aromatic carbocycles. The zero-order valence-corrected chi connectivity index (χ0v) is 33.5. The molecule has 0 spiro atoms. The van der Waals surface area contributed by atoms with Crippen LogP contribution in [-0.4, -0.2) is 14.1 Å². The summed E-state index contributed by atoms with van der Waals surface area (Å²) in [5, 5.41) is 3.54. The summed E-state index contributed by atoms with van der Waals surface area (Å²) >= 11 is 0. The number of nitrogens with zero attached hydrogens (tertiary/aromatic N) is 4. The Balaban J connectivity index is 1.15. The summed E-state index contributed by atoms with van der Waals surface area (Å²) in [6, 6.07) is 69.8. The molecule has 13 rings (SSSR count). The molecule has 0 atom stereocenters. The molecule has 2 aliphatic heterocycles. The van der Waals surface area contributed by atoms with E-state index in [2.05, 4.69) is 207 Å². The number of pyridine rings is 1. The van der Waals surface area contributed by atoms with Gasteiger partial charge in [-0.2, -0.15) is 0 Å². The van der Waals surface area contributed by atoms with Gasteiger partial charge in [-0.15, -0.1) is 0 Å². The summed E-state index contributed by atoms with van der Waals surface area (Å²) < 4.78 is 11.6. The van der Waals surface area contributed by atoms with Crippen molar-refractivity contribution in [2.75, 3.05) is 4.90 Å². The highest BCUT2D eigenvalue weighted by Crippen LogP contribution is 2.54. The fourth-order valence-corrected chi connectivity index (χ4v) is 9.91. The molecule has 2 aliphatic rings. The van der Waals surface area contributed by atoms with Crippen molar-refractivity contribution in [1.82, 2.24) is 14.1 Å². The number of benzene rings is 8. The third-order valence-corrected chi connectivity index (χ3v) is 12.5. The number of ether oxygens (including phenoxy) is 1. The summed E-state index contributed by atoms with van der Waals surface area (Å²) in [6.45, 7) is 0. The van der Waals surface area contributed by atoms with Crippen molar-refractivity contribution in [2.45, 2.75) is 0 Å². The minimum atomic E-state index is 0.825. The SMILES string of the molecule is C1=Cc2c(ccc3c4ccccc4n(-c4cc(-c5cccnc5)cc(-n5c6c(c7ccccc75)-c5ccccc5N(c5ccccc5)c5ccccc5-6)c4)c23)Oc2ccccc21. The van der Waals surface area contributed by atoms with Gasteiger partial charge in [-0.25, -0.2) is 0 Å². The molecule has 0 bridgehead atoms. The molecule has 5 heteroatoms. The fourth-order valence-electron chi connectivity index (χ4n) is 9.91. The van der Waals surface area contributed by atoms with Crippen LogP contribution in [0.1, 0.15) is 11.1 Å². The standard InChI is InChI=1S/C57H36N4O/c1-2-17-40(18-3-1)59-50-24-10-6-20-45(50)55-46-21-7-11-25-51(46)61(57(55)47-22-8-12-26-52(47)59)42-34-39(38-16-14-32-58-36-38)33-41(35-42)60-49-23-9-5-19-43(49)44-30-31-54-48(56(44)60)29-28-37-15-4-13-27-53(37)62-54/h1-36H. The maximum absolute atomic E-state index is 6.71. The predicted octanol–water partition coefficient (Wildman–Crippen LogP) is 15.2. The number of anilines is 3.